The third kappa shape index (κ3) is 3.27. The van der Waals surface area contributed by atoms with E-state index in [9.17, 15) is 9.59 Å². The number of hydrogen-bond acceptors (Lipinski definition) is 3. The van der Waals surface area contributed by atoms with Crippen molar-refractivity contribution in [1.82, 2.24) is 9.47 Å². The summed E-state index contributed by atoms with van der Waals surface area (Å²) < 4.78 is 7.01. The van der Waals surface area contributed by atoms with Gasteiger partial charge >= 0.3 is 5.76 Å². The molecule has 4 rings (SSSR count). The van der Waals surface area contributed by atoms with Crippen molar-refractivity contribution >= 4 is 28.6 Å². The predicted molar refractivity (Wildman–Crippen MR) is 100 cm³/mol. The van der Waals surface area contributed by atoms with Gasteiger partial charge < -0.3 is 9.32 Å². The molecule has 1 aliphatic heterocycles. The highest BCUT2D eigenvalue weighted by Crippen LogP contribution is 2.27. The summed E-state index contributed by atoms with van der Waals surface area (Å²) in [6, 6.07) is 15.0. The minimum atomic E-state index is -0.365. The van der Waals surface area contributed by atoms with Crippen LogP contribution in [0.1, 0.15) is 24.4 Å². The second kappa shape index (κ2) is 7.00. The second-order valence-electron chi connectivity index (χ2n) is 6.62. The summed E-state index contributed by atoms with van der Waals surface area (Å²) in [7, 11) is 0. The number of nitrogens with zero attached hydrogens (tertiary/aromatic N) is 2. The quantitative estimate of drug-likeness (QED) is 0.707. The van der Waals surface area contributed by atoms with Crippen molar-refractivity contribution < 1.29 is 9.21 Å². The van der Waals surface area contributed by atoms with Gasteiger partial charge in [0, 0.05) is 24.2 Å². The Bertz CT molecular complexity index is 985. The third-order valence-corrected chi connectivity index (χ3v) is 5.19. The molecule has 1 aliphatic rings. The zero-order chi connectivity index (χ0) is 18.1. The highest BCUT2D eigenvalue weighted by Gasteiger charge is 2.26. The molecule has 0 spiro atoms. The third-order valence-electron chi connectivity index (χ3n) is 4.95. The number of benzene rings is 2. The first-order chi connectivity index (χ1) is 12.6. The van der Waals surface area contributed by atoms with Gasteiger partial charge in [-0.15, -0.1) is 0 Å². The molecule has 2 heterocycles. The number of hydrogen-bond donors (Lipinski definition) is 0. The molecule has 0 atom stereocenters. The van der Waals surface area contributed by atoms with Gasteiger partial charge in [-0.2, -0.15) is 0 Å². The number of amides is 1. The van der Waals surface area contributed by atoms with Gasteiger partial charge in [0.15, 0.2) is 5.58 Å². The van der Waals surface area contributed by atoms with Crippen molar-refractivity contribution in [2.45, 2.75) is 25.3 Å². The van der Waals surface area contributed by atoms with E-state index in [1.807, 2.05) is 35.2 Å². The Morgan fingerprint density at radius 3 is 2.58 bits per heavy atom. The summed E-state index contributed by atoms with van der Waals surface area (Å²) in [6.45, 7) is 1.27. The molecule has 5 nitrogen and oxygen atoms in total. The van der Waals surface area contributed by atoms with Crippen LogP contribution in [0.2, 0.25) is 5.02 Å². The maximum atomic E-state index is 12.5. The Morgan fingerprint density at radius 1 is 1.12 bits per heavy atom. The van der Waals surface area contributed by atoms with Crippen LogP contribution in [0.15, 0.2) is 57.7 Å². The predicted octanol–water partition coefficient (Wildman–Crippen LogP) is 3.65. The molecule has 0 unspecified atom stereocenters. The molecular weight excluding hydrogens is 352 g/mol. The van der Waals surface area contributed by atoms with Crippen LogP contribution in [-0.4, -0.2) is 28.5 Å². The van der Waals surface area contributed by atoms with Gasteiger partial charge in [0.05, 0.1) is 11.9 Å². The van der Waals surface area contributed by atoms with Crippen molar-refractivity contribution in [3.8, 4) is 0 Å². The highest BCUT2D eigenvalue weighted by atomic mass is 35.5. The van der Waals surface area contributed by atoms with Crippen LogP contribution in [0.25, 0.3) is 11.1 Å². The van der Waals surface area contributed by atoms with Crippen LogP contribution in [0, 0.1) is 0 Å². The molecule has 1 amide bonds. The summed E-state index contributed by atoms with van der Waals surface area (Å²) in [5.74, 6) is -0.238. The molecular formula is C20H19ClN2O3. The zero-order valence-electron chi connectivity index (χ0n) is 14.2. The number of rotatable bonds is 3. The molecule has 1 aromatic heterocycles. The van der Waals surface area contributed by atoms with Gasteiger partial charge in [0.1, 0.15) is 0 Å². The van der Waals surface area contributed by atoms with Crippen LogP contribution in [0.3, 0.4) is 0 Å². The number of fused-ring (bicyclic) bond motifs is 1. The van der Waals surface area contributed by atoms with E-state index < -0.39 is 0 Å². The SMILES string of the molecule is O=C(Cc1ccccc1)N1CCC(n2c(=O)oc3ccc(Cl)cc32)CC1. The molecule has 1 saturated heterocycles. The monoisotopic (exact) mass is 370 g/mol. The van der Waals surface area contributed by atoms with Gasteiger partial charge in [-0.25, -0.2) is 4.79 Å². The smallest absolute Gasteiger partial charge is 0.408 e. The van der Waals surface area contributed by atoms with Crippen molar-refractivity contribution in [3.05, 3.63) is 69.7 Å². The first-order valence-corrected chi connectivity index (χ1v) is 9.12. The fraction of sp³-hybridized carbons (Fsp3) is 0.300. The van der Waals surface area contributed by atoms with E-state index in [0.29, 0.717) is 30.1 Å². The Labute approximate surface area is 155 Å². The van der Waals surface area contributed by atoms with E-state index in [0.717, 1.165) is 23.9 Å². The molecule has 26 heavy (non-hydrogen) atoms. The number of carbonyl (C=O) groups is 1. The molecule has 6 heteroatoms. The summed E-state index contributed by atoms with van der Waals surface area (Å²) in [5, 5.41) is 0.572. The first-order valence-electron chi connectivity index (χ1n) is 8.74. The summed E-state index contributed by atoms with van der Waals surface area (Å²) in [6.07, 6.45) is 1.86. The maximum absolute atomic E-state index is 12.5. The van der Waals surface area contributed by atoms with Gasteiger partial charge in [-0.1, -0.05) is 41.9 Å². The van der Waals surface area contributed by atoms with Gasteiger partial charge in [-0.3, -0.25) is 9.36 Å². The molecule has 0 aliphatic carbocycles. The average Bonchev–Trinajstić information content (AvgIpc) is 2.97. The Kier molecular flexibility index (Phi) is 4.55. The van der Waals surface area contributed by atoms with Crippen LogP contribution < -0.4 is 5.76 Å². The molecule has 134 valence electrons. The van der Waals surface area contributed by atoms with E-state index in [4.69, 9.17) is 16.0 Å². The van der Waals surface area contributed by atoms with E-state index in [1.165, 1.54) is 0 Å². The van der Waals surface area contributed by atoms with E-state index in [1.54, 1.807) is 22.8 Å². The molecule has 0 radical (unpaired) electrons. The van der Waals surface area contributed by atoms with Crippen molar-refractivity contribution in [2.75, 3.05) is 13.1 Å². The summed E-state index contributed by atoms with van der Waals surface area (Å²) in [4.78, 5) is 26.7. The lowest BCUT2D eigenvalue weighted by Crippen LogP contribution is -2.41. The number of likely N-dealkylation sites (tertiary alicyclic amines) is 1. The number of carbonyl (C=O) groups excluding carboxylic acids is 1. The van der Waals surface area contributed by atoms with Crippen LogP contribution >= 0.6 is 11.6 Å². The molecule has 2 aromatic carbocycles. The van der Waals surface area contributed by atoms with Crippen LogP contribution in [-0.2, 0) is 11.2 Å². The number of aromatic nitrogens is 1. The average molecular weight is 371 g/mol. The number of piperidine rings is 1. The molecule has 0 N–H and O–H groups in total. The van der Waals surface area contributed by atoms with Gasteiger partial charge in [-0.05, 0) is 36.6 Å². The lowest BCUT2D eigenvalue weighted by Gasteiger charge is -2.32. The number of oxazole rings is 1. The lowest BCUT2D eigenvalue weighted by molar-refractivity contribution is -0.131. The van der Waals surface area contributed by atoms with Crippen molar-refractivity contribution in [2.24, 2.45) is 0 Å². The largest absolute Gasteiger partial charge is 0.420 e. The van der Waals surface area contributed by atoms with E-state index >= 15 is 0 Å². The van der Waals surface area contributed by atoms with E-state index in [-0.39, 0.29) is 17.7 Å². The van der Waals surface area contributed by atoms with E-state index in [2.05, 4.69) is 0 Å². The lowest BCUT2D eigenvalue weighted by atomic mass is 10.0. The summed E-state index contributed by atoms with van der Waals surface area (Å²) in [5.41, 5.74) is 2.28. The van der Waals surface area contributed by atoms with Gasteiger partial charge in [0.25, 0.3) is 0 Å². The fourth-order valence-corrected chi connectivity index (χ4v) is 3.77. The minimum absolute atomic E-state index is 0.0167. The Balaban J connectivity index is 1.47. The zero-order valence-corrected chi connectivity index (χ0v) is 15.0. The molecule has 1 fully saturated rings. The Morgan fingerprint density at radius 2 is 1.85 bits per heavy atom. The number of halogens is 1. The molecule has 0 saturated carbocycles. The summed E-state index contributed by atoms with van der Waals surface area (Å²) >= 11 is 6.07. The van der Waals surface area contributed by atoms with Crippen LogP contribution in [0.4, 0.5) is 0 Å². The standard InChI is InChI=1S/C20H19ClN2O3/c21-15-6-7-18-17(13-15)23(20(25)26-18)16-8-10-22(11-9-16)19(24)12-14-4-2-1-3-5-14/h1-7,13,16H,8-12H2. The Hall–Kier alpha value is -2.53. The highest BCUT2D eigenvalue weighted by molar-refractivity contribution is 6.31. The molecule has 3 aromatic rings. The maximum Gasteiger partial charge on any atom is 0.420 e. The molecule has 0 bridgehead atoms. The second-order valence-corrected chi connectivity index (χ2v) is 7.06. The minimum Gasteiger partial charge on any atom is -0.408 e. The topological polar surface area (TPSA) is 55.5 Å². The van der Waals surface area contributed by atoms with Crippen LogP contribution in [0.5, 0.6) is 0 Å². The fourth-order valence-electron chi connectivity index (χ4n) is 3.61. The normalized spacial score (nSPS) is 15.5. The van der Waals surface area contributed by atoms with Crippen molar-refractivity contribution in [3.63, 3.8) is 0 Å². The first kappa shape index (κ1) is 16.9. The van der Waals surface area contributed by atoms with Gasteiger partial charge in [0.2, 0.25) is 5.91 Å². The van der Waals surface area contributed by atoms with Crippen molar-refractivity contribution in [1.29, 1.82) is 0 Å².